The molecule has 0 bridgehead atoms. The molecule has 4 heteroatoms. The van der Waals surface area contributed by atoms with Crippen LogP contribution in [0.5, 0.6) is 0 Å². The molecule has 2 atom stereocenters. The molecule has 124 valence electrons. The largest absolute Gasteiger partial charge is 0.378 e. The molecular weight excluding hydrogens is 308 g/mol. The molecular formula is C19H24O3S. The van der Waals surface area contributed by atoms with Crippen molar-refractivity contribution in [2.24, 2.45) is 0 Å². The molecule has 0 aliphatic rings. The lowest BCUT2D eigenvalue weighted by Crippen LogP contribution is -2.42. The van der Waals surface area contributed by atoms with Crippen LogP contribution >= 0.6 is 0 Å². The normalized spacial score (nSPS) is 15.2. The van der Waals surface area contributed by atoms with Crippen LogP contribution in [-0.2, 0) is 20.9 Å². The fraction of sp³-hybridized carbons (Fsp3) is 0.368. The Labute approximate surface area is 141 Å². The number of hydrogen-bond donors (Lipinski definition) is 1. The Morgan fingerprint density at radius 2 is 1.30 bits per heavy atom. The molecule has 0 spiro atoms. The molecule has 0 fully saturated rings. The predicted molar refractivity (Wildman–Crippen MR) is 94.3 cm³/mol. The number of benzene rings is 2. The fourth-order valence-corrected chi connectivity index (χ4v) is 3.06. The summed E-state index contributed by atoms with van der Waals surface area (Å²) in [7, 11) is 0. The highest BCUT2D eigenvalue weighted by Gasteiger charge is 2.40. The summed E-state index contributed by atoms with van der Waals surface area (Å²) in [6, 6.07) is 18.7. The van der Waals surface area contributed by atoms with Crippen LogP contribution in [0.15, 0.2) is 60.7 Å². The molecule has 3 nitrogen and oxygen atoms in total. The van der Waals surface area contributed by atoms with Crippen molar-refractivity contribution in [3.63, 3.8) is 0 Å². The molecule has 1 N–H and O–H groups in total. The van der Waals surface area contributed by atoms with Gasteiger partial charge in [-0.05, 0) is 38.8 Å². The Balaban J connectivity index is 2.45. The zero-order valence-corrected chi connectivity index (χ0v) is 14.8. The van der Waals surface area contributed by atoms with Gasteiger partial charge in [-0.1, -0.05) is 60.7 Å². The highest BCUT2D eigenvalue weighted by molar-refractivity contribution is 7.81. The molecule has 0 unspecified atom stereocenters. The van der Waals surface area contributed by atoms with Gasteiger partial charge in [-0.15, -0.1) is 0 Å². The van der Waals surface area contributed by atoms with Gasteiger partial charge in [0, 0.05) is 0 Å². The quantitative estimate of drug-likeness (QED) is 0.906. The van der Waals surface area contributed by atoms with Gasteiger partial charge in [-0.25, -0.2) is 4.21 Å². The Morgan fingerprint density at radius 3 is 1.65 bits per heavy atom. The molecule has 0 aromatic heterocycles. The summed E-state index contributed by atoms with van der Waals surface area (Å²) in [6.07, 6.45) is -0.674. The molecule has 0 heterocycles. The minimum absolute atomic E-state index is 0.511. The summed E-state index contributed by atoms with van der Waals surface area (Å²) in [6.45, 7) is 7.30. The highest BCUT2D eigenvalue weighted by atomic mass is 32.2. The maximum atomic E-state index is 12.4. The third kappa shape index (κ3) is 3.89. The number of rotatable bonds is 5. The zero-order valence-electron chi connectivity index (χ0n) is 14.0. The Bertz CT molecular complexity index is 608. The molecule has 2 aromatic rings. The summed E-state index contributed by atoms with van der Waals surface area (Å²) in [4.78, 5) is 0. The van der Waals surface area contributed by atoms with E-state index >= 15 is 0 Å². The number of hydrogen-bond acceptors (Lipinski definition) is 3. The smallest absolute Gasteiger partial charge is 0.161 e. The second-order valence-corrected chi connectivity index (χ2v) is 8.47. The first kappa shape index (κ1) is 17.9. The standard InChI is InChI=1S/C19H24O3S/c1-15(22-23(21)18(2,3)4)19(20,16-11-7-5-8-12-16)17-13-9-6-10-14-17/h5-15,20H,1-4H3/t15-,23-/m0/s1. The van der Waals surface area contributed by atoms with Gasteiger partial charge >= 0.3 is 0 Å². The zero-order chi connectivity index (χ0) is 17.1. The van der Waals surface area contributed by atoms with Crippen molar-refractivity contribution in [1.82, 2.24) is 0 Å². The molecule has 23 heavy (non-hydrogen) atoms. The van der Waals surface area contributed by atoms with Gasteiger partial charge < -0.3 is 5.11 Å². The Hall–Kier alpha value is -1.49. The van der Waals surface area contributed by atoms with E-state index in [1.165, 1.54) is 0 Å². The van der Waals surface area contributed by atoms with Crippen LogP contribution in [0.1, 0.15) is 38.8 Å². The van der Waals surface area contributed by atoms with Crippen LogP contribution in [0.3, 0.4) is 0 Å². The summed E-state index contributed by atoms with van der Waals surface area (Å²) in [5.41, 5.74) is 0.0536. The average molecular weight is 332 g/mol. The second-order valence-electron chi connectivity index (χ2n) is 6.58. The fourth-order valence-electron chi connectivity index (χ4n) is 2.37. The Morgan fingerprint density at radius 1 is 0.913 bits per heavy atom. The third-order valence-corrected chi connectivity index (χ3v) is 5.21. The van der Waals surface area contributed by atoms with E-state index in [1.54, 1.807) is 6.92 Å². The van der Waals surface area contributed by atoms with Gasteiger partial charge in [-0.3, -0.25) is 4.18 Å². The van der Waals surface area contributed by atoms with Crippen LogP contribution in [0.2, 0.25) is 0 Å². The maximum Gasteiger partial charge on any atom is 0.161 e. The maximum absolute atomic E-state index is 12.4. The monoisotopic (exact) mass is 332 g/mol. The van der Waals surface area contributed by atoms with E-state index in [4.69, 9.17) is 4.18 Å². The van der Waals surface area contributed by atoms with Gasteiger partial charge in [0.1, 0.15) is 11.7 Å². The van der Waals surface area contributed by atoms with Crippen molar-refractivity contribution in [3.05, 3.63) is 71.8 Å². The molecule has 2 aromatic carbocycles. The Kier molecular flexibility index (Phi) is 5.40. The van der Waals surface area contributed by atoms with E-state index in [0.29, 0.717) is 11.1 Å². The van der Waals surface area contributed by atoms with Crippen molar-refractivity contribution in [3.8, 4) is 0 Å². The van der Waals surface area contributed by atoms with Crippen molar-refractivity contribution in [2.75, 3.05) is 0 Å². The molecule has 0 amide bonds. The van der Waals surface area contributed by atoms with E-state index in [-0.39, 0.29) is 0 Å². The first-order valence-electron chi connectivity index (χ1n) is 7.68. The van der Waals surface area contributed by atoms with E-state index in [2.05, 4.69) is 0 Å². The van der Waals surface area contributed by atoms with Crippen LogP contribution in [0.4, 0.5) is 0 Å². The summed E-state index contributed by atoms with van der Waals surface area (Å²) >= 11 is -1.52. The minimum Gasteiger partial charge on any atom is -0.378 e. The van der Waals surface area contributed by atoms with E-state index < -0.39 is 27.5 Å². The molecule has 0 radical (unpaired) electrons. The first-order valence-corrected chi connectivity index (χ1v) is 8.76. The van der Waals surface area contributed by atoms with Crippen LogP contribution in [0.25, 0.3) is 0 Å². The highest BCUT2D eigenvalue weighted by Crippen LogP contribution is 2.35. The van der Waals surface area contributed by atoms with Crippen molar-refractivity contribution < 1.29 is 13.5 Å². The lowest BCUT2D eigenvalue weighted by molar-refractivity contribution is -0.0208. The molecule has 2 rings (SSSR count). The van der Waals surface area contributed by atoms with E-state index in [9.17, 15) is 9.32 Å². The number of aliphatic hydroxyl groups is 1. The van der Waals surface area contributed by atoms with Crippen molar-refractivity contribution in [1.29, 1.82) is 0 Å². The SMILES string of the molecule is C[C@H](O[S@](=O)C(C)(C)C)C(O)(c1ccccc1)c1ccccc1. The minimum atomic E-state index is -1.52. The summed E-state index contributed by atoms with van der Waals surface area (Å²) in [5, 5.41) is 11.5. The summed E-state index contributed by atoms with van der Waals surface area (Å²) < 4.78 is 17.6. The van der Waals surface area contributed by atoms with Crippen LogP contribution < -0.4 is 0 Å². The van der Waals surface area contributed by atoms with Gasteiger partial charge in [0.2, 0.25) is 0 Å². The van der Waals surface area contributed by atoms with E-state index in [0.717, 1.165) is 0 Å². The lowest BCUT2D eigenvalue weighted by Gasteiger charge is -2.35. The average Bonchev–Trinajstić information content (AvgIpc) is 2.54. The first-order chi connectivity index (χ1) is 10.8. The topological polar surface area (TPSA) is 46.5 Å². The lowest BCUT2D eigenvalue weighted by atomic mass is 9.82. The van der Waals surface area contributed by atoms with E-state index in [1.807, 2.05) is 81.4 Å². The van der Waals surface area contributed by atoms with Crippen LogP contribution in [-0.4, -0.2) is 20.2 Å². The van der Waals surface area contributed by atoms with Crippen LogP contribution in [0, 0.1) is 0 Å². The molecule has 0 aliphatic carbocycles. The predicted octanol–water partition coefficient (Wildman–Crippen LogP) is 3.79. The van der Waals surface area contributed by atoms with Gasteiger partial charge in [0.15, 0.2) is 11.1 Å². The molecule has 0 saturated carbocycles. The molecule has 0 aliphatic heterocycles. The van der Waals surface area contributed by atoms with Crippen molar-refractivity contribution in [2.45, 2.75) is 44.1 Å². The third-order valence-electron chi connectivity index (χ3n) is 3.75. The summed E-state index contributed by atoms with van der Waals surface area (Å²) in [5.74, 6) is 0. The van der Waals surface area contributed by atoms with Crippen molar-refractivity contribution >= 4 is 11.1 Å². The van der Waals surface area contributed by atoms with Gasteiger partial charge in [0.25, 0.3) is 0 Å². The van der Waals surface area contributed by atoms with Gasteiger partial charge in [-0.2, -0.15) is 0 Å². The van der Waals surface area contributed by atoms with Gasteiger partial charge in [0.05, 0.1) is 4.75 Å². The second kappa shape index (κ2) is 6.95. The molecule has 0 saturated heterocycles.